The molecule has 4 rings (SSSR count). The minimum Gasteiger partial charge on any atom is -0.475 e. The number of carboxylic acids is 1. The molecule has 0 saturated carbocycles. The third-order valence-corrected chi connectivity index (χ3v) is 11.0. The van der Waals surface area contributed by atoms with Crippen LogP contribution in [0.4, 0.5) is 0 Å². The molecule has 3 saturated heterocycles. The lowest BCUT2D eigenvalue weighted by Crippen LogP contribution is -2.62. The van der Waals surface area contributed by atoms with Crippen molar-refractivity contribution in [2.24, 2.45) is 11.8 Å². The first-order valence-corrected chi connectivity index (χ1v) is 21.1. The van der Waals surface area contributed by atoms with Crippen molar-refractivity contribution in [3.8, 4) is 0 Å². The minimum absolute atomic E-state index is 0.111. The summed E-state index contributed by atoms with van der Waals surface area (Å²) in [6, 6.07) is 0. The highest BCUT2D eigenvalue weighted by molar-refractivity contribution is 7.90. The molecule has 0 bridgehead atoms. The summed E-state index contributed by atoms with van der Waals surface area (Å²) < 4.78 is 133. The van der Waals surface area contributed by atoms with Gasteiger partial charge in [0.15, 0.2) is 49.6 Å². The van der Waals surface area contributed by atoms with Crippen molar-refractivity contribution in [3.63, 3.8) is 0 Å². The van der Waals surface area contributed by atoms with Gasteiger partial charge in [-0.15, -0.1) is 8.67 Å². The Balaban J connectivity index is 1.60. The fraction of sp³-hybridized carbons (Fsp3) is 0.885. The molecule has 35 heteroatoms. The Labute approximate surface area is 352 Å². The van der Waals surface area contributed by atoms with E-state index in [1.165, 1.54) is 13.8 Å². The highest BCUT2D eigenvalue weighted by Crippen LogP contribution is 2.38. The zero-order chi connectivity index (χ0) is 45.4. The average Bonchev–Trinajstić information content (AvgIpc) is 3.45. The zero-order valence-electron chi connectivity index (χ0n) is 30.8. The van der Waals surface area contributed by atoms with Crippen LogP contribution in [0, 0.1) is 11.8 Å². The van der Waals surface area contributed by atoms with Crippen molar-refractivity contribution in [1.82, 2.24) is 0 Å². The van der Waals surface area contributed by atoms with Crippen LogP contribution >= 0.6 is 24.6 Å². The summed E-state index contributed by atoms with van der Waals surface area (Å²) in [4.78, 5) is 11.5. The van der Waals surface area contributed by atoms with Crippen LogP contribution in [0.25, 0.3) is 0 Å². The number of carboxylic acid groups (broad SMARTS) is 1. The molecule has 11 N–H and O–H groups in total. The topological polar surface area (TPSA) is 446 Å². The second-order valence-electron chi connectivity index (χ2n) is 13.1. The summed E-state index contributed by atoms with van der Waals surface area (Å²) in [7, 11) is -10.6. The van der Waals surface area contributed by atoms with E-state index in [4.69, 9.17) is 60.8 Å². The van der Waals surface area contributed by atoms with Crippen LogP contribution in [-0.2, 0) is 94.2 Å². The number of aliphatic hydroxyl groups excluding tert-OH is 6. The molecule has 0 radical (unpaired) electrons. The molecule has 0 aromatic rings. The van der Waals surface area contributed by atoms with Gasteiger partial charge < -0.3 is 68.9 Å². The second kappa shape index (κ2) is 23.2. The molecule has 0 aromatic carbocycles. The van der Waals surface area contributed by atoms with Crippen molar-refractivity contribution in [2.45, 2.75) is 112 Å². The predicted molar refractivity (Wildman–Crippen MR) is 182 cm³/mol. The average molecular weight is 979 g/mol. The maximum Gasteiger partial charge on any atom is 0.397 e. The van der Waals surface area contributed by atoms with Crippen molar-refractivity contribution < 1.29 is 146 Å². The first-order valence-electron chi connectivity index (χ1n) is 17.0. The lowest BCUT2D eigenvalue weighted by atomic mass is 9.83. The fourth-order valence-electron chi connectivity index (χ4n) is 6.33. The van der Waals surface area contributed by atoms with Crippen LogP contribution in [0.5, 0.6) is 0 Å². The monoisotopic (exact) mass is 978 g/mol. The Bertz CT molecular complexity index is 1640. The Morgan fingerprint density at radius 3 is 2.03 bits per heavy atom. The van der Waals surface area contributed by atoms with Crippen LogP contribution < -0.4 is 0 Å². The van der Waals surface area contributed by atoms with Crippen LogP contribution in [0.15, 0.2) is 11.8 Å². The summed E-state index contributed by atoms with van der Waals surface area (Å²) >= 11 is -0.0907. The molecule has 0 amide bonds. The number of aliphatic carboxylic acids is 1. The van der Waals surface area contributed by atoms with Gasteiger partial charge in [-0.2, -0.15) is 16.8 Å². The van der Waals surface area contributed by atoms with Gasteiger partial charge in [0.25, 0.3) is 0 Å². The van der Waals surface area contributed by atoms with Gasteiger partial charge in [0, 0.05) is 11.8 Å². The smallest absolute Gasteiger partial charge is 0.397 e. The van der Waals surface area contributed by atoms with Crippen molar-refractivity contribution in [1.29, 1.82) is 0 Å². The molecule has 0 spiro atoms. The second-order valence-corrected chi connectivity index (χ2v) is 16.2. The number of rotatable bonds is 23. The van der Waals surface area contributed by atoms with Crippen LogP contribution in [0.3, 0.4) is 0 Å². The maximum absolute atomic E-state index is 12.2. The van der Waals surface area contributed by atoms with E-state index in [1.54, 1.807) is 0 Å². The quantitative estimate of drug-likeness (QED) is 0.0152. The Hall–Kier alpha value is -1.35. The SMILES string of the molecule is CC(OSOOO)C1OC(OC2C(C)OC(OCC3C(O)C(COS(=O)(=O)O)OC(O)C3COC3OC(C(=O)O)=CC(O)C3O)C(OSOOO)C2OS(=O)(=O)O)C(O)C1O. The number of ether oxygens (including phenoxy) is 7. The van der Waals surface area contributed by atoms with Gasteiger partial charge in [-0.1, -0.05) is 10.1 Å². The van der Waals surface area contributed by atoms with Gasteiger partial charge in [-0.25, -0.2) is 23.7 Å². The van der Waals surface area contributed by atoms with Gasteiger partial charge in [0.05, 0.1) is 32.0 Å². The molecule has 31 nitrogen and oxygen atoms in total. The van der Waals surface area contributed by atoms with Gasteiger partial charge in [-0.05, 0) is 19.9 Å². The molecular formula is C26H42O31S4. The zero-order valence-corrected chi connectivity index (χ0v) is 34.1. The summed E-state index contributed by atoms with van der Waals surface area (Å²) in [6.07, 6.45) is -28.0. The summed E-state index contributed by atoms with van der Waals surface area (Å²) in [5.74, 6) is -5.53. The fourth-order valence-corrected chi connectivity index (χ4v) is 7.77. The molecule has 0 aromatic heterocycles. The molecule has 18 unspecified atom stereocenters. The molecule has 61 heavy (non-hydrogen) atoms. The first kappa shape index (κ1) is 52.3. The Morgan fingerprint density at radius 1 is 0.770 bits per heavy atom. The van der Waals surface area contributed by atoms with Crippen LogP contribution in [-0.4, -0.2) is 196 Å². The molecule has 18 atom stereocenters. The van der Waals surface area contributed by atoms with Gasteiger partial charge in [-0.3, -0.25) is 17.5 Å². The molecule has 3 fully saturated rings. The van der Waals surface area contributed by atoms with Gasteiger partial charge in [0.2, 0.25) is 12.0 Å². The van der Waals surface area contributed by atoms with Crippen molar-refractivity contribution >= 4 is 51.4 Å². The first-order chi connectivity index (χ1) is 28.6. The lowest BCUT2D eigenvalue weighted by Gasteiger charge is -2.46. The third-order valence-electron chi connectivity index (χ3n) is 9.17. The van der Waals surface area contributed by atoms with Crippen LogP contribution in [0.2, 0.25) is 0 Å². The minimum atomic E-state index is -5.49. The van der Waals surface area contributed by atoms with E-state index in [-0.39, 0.29) is 24.6 Å². The normalized spacial score (nSPS) is 39.1. The molecule has 4 heterocycles. The molecule has 4 aliphatic rings. The number of aliphatic hydroxyl groups is 6. The molecular weight excluding hydrogens is 937 g/mol. The molecule has 356 valence electrons. The standard InChI is InChI=1S/C26H42O31S4/c1-7-19(50-25-17(31)16(30)18(49-25)8(2)51-58-56-54-35)20(53-61(40,41)42)21(52-59-57-55-36)26(46-7)44-4-9-10(23(34)47-13(14(9)28)6-45-60(37,38)39)5-43-24-15(29)11(27)3-12(48-24)22(32)33/h3,7-11,13-21,23-31,34-36H,4-6H2,1-2H3,(H,32,33)(H,37,38,39)(H,40,41,42). The maximum atomic E-state index is 12.2. The van der Waals surface area contributed by atoms with Gasteiger partial charge >= 0.3 is 26.8 Å². The summed E-state index contributed by atoms with van der Waals surface area (Å²) in [5.41, 5.74) is 0. The summed E-state index contributed by atoms with van der Waals surface area (Å²) in [5, 5.41) is 97.3. The van der Waals surface area contributed by atoms with E-state index in [2.05, 4.69) is 22.9 Å². The largest absolute Gasteiger partial charge is 0.475 e. The third kappa shape index (κ3) is 14.6. The van der Waals surface area contributed by atoms with E-state index < -0.39 is 163 Å². The Kier molecular flexibility index (Phi) is 19.9. The lowest BCUT2D eigenvalue weighted by molar-refractivity contribution is -0.435. The van der Waals surface area contributed by atoms with Crippen molar-refractivity contribution in [3.05, 3.63) is 11.8 Å². The molecule has 4 aliphatic heterocycles. The van der Waals surface area contributed by atoms with E-state index in [1.807, 2.05) is 0 Å². The summed E-state index contributed by atoms with van der Waals surface area (Å²) in [6.45, 7) is -0.233. The number of hydrogen-bond acceptors (Lipinski definition) is 30. The van der Waals surface area contributed by atoms with E-state index in [9.17, 15) is 61.9 Å². The molecule has 0 aliphatic carbocycles. The van der Waals surface area contributed by atoms with E-state index in [0.717, 1.165) is 0 Å². The Morgan fingerprint density at radius 2 is 1.41 bits per heavy atom. The van der Waals surface area contributed by atoms with Crippen molar-refractivity contribution in [2.75, 3.05) is 19.8 Å². The highest BCUT2D eigenvalue weighted by Gasteiger charge is 2.55. The highest BCUT2D eigenvalue weighted by atomic mass is 32.3. The van der Waals surface area contributed by atoms with E-state index >= 15 is 0 Å². The number of hydrogen-bond donors (Lipinski definition) is 11. The van der Waals surface area contributed by atoms with Gasteiger partial charge in [0.1, 0.15) is 54.9 Å². The van der Waals surface area contributed by atoms with E-state index in [0.29, 0.717) is 6.08 Å². The number of carbonyl (C=O) groups is 1. The predicted octanol–water partition coefficient (Wildman–Crippen LogP) is -4.28. The van der Waals surface area contributed by atoms with Crippen LogP contribution in [0.1, 0.15) is 13.8 Å².